The van der Waals surface area contributed by atoms with Crippen molar-refractivity contribution in [1.29, 1.82) is 0 Å². The number of nitrogens with zero attached hydrogens (tertiary/aromatic N) is 1. The Kier molecular flexibility index (Phi) is 4.81. The highest BCUT2D eigenvalue weighted by Crippen LogP contribution is 2.21. The van der Waals surface area contributed by atoms with Crippen LogP contribution in [0.25, 0.3) is 0 Å². The van der Waals surface area contributed by atoms with E-state index >= 15 is 0 Å². The second-order valence-electron chi connectivity index (χ2n) is 6.22. The lowest BCUT2D eigenvalue weighted by molar-refractivity contribution is -0.131. The highest BCUT2D eigenvalue weighted by atomic mass is 16.3. The Morgan fingerprint density at radius 1 is 1.25 bits per heavy atom. The van der Waals surface area contributed by atoms with Crippen molar-refractivity contribution in [2.45, 2.75) is 51.6 Å². The predicted molar refractivity (Wildman–Crippen MR) is 80.6 cm³/mol. The van der Waals surface area contributed by atoms with Crippen molar-refractivity contribution in [3.05, 3.63) is 35.4 Å². The molecule has 1 saturated heterocycles. The summed E-state index contributed by atoms with van der Waals surface area (Å²) in [5.74, 6) is 0.211. The molecule has 1 N–H and O–H groups in total. The molecule has 3 heteroatoms. The first-order valence-electron chi connectivity index (χ1n) is 7.52. The van der Waals surface area contributed by atoms with Gasteiger partial charge in [-0.15, -0.1) is 0 Å². The van der Waals surface area contributed by atoms with Crippen molar-refractivity contribution in [3.63, 3.8) is 0 Å². The highest BCUT2D eigenvalue weighted by molar-refractivity contribution is 5.76. The number of aliphatic hydroxyl groups is 1. The van der Waals surface area contributed by atoms with E-state index in [-0.39, 0.29) is 5.91 Å². The van der Waals surface area contributed by atoms with Crippen LogP contribution < -0.4 is 0 Å². The number of hydrogen-bond acceptors (Lipinski definition) is 2. The molecule has 1 atom stereocenters. The maximum Gasteiger partial charge on any atom is 0.222 e. The molecule has 3 nitrogen and oxygen atoms in total. The van der Waals surface area contributed by atoms with Gasteiger partial charge in [0.1, 0.15) is 0 Å². The van der Waals surface area contributed by atoms with Gasteiger partial charge in [0.2, 0.25) is 5.91 Å². The van der Waals surface area contributed by atoms with Crippen LogP contribution in [-0.2, 0) is 11.2 Å². The number of carbonyl (C=O) groups excluding carboxylic acids is 1. The maximum absolute atomic E-state index is 12.2. The quantitative estimate of drug-likeness (QED) is 0.921. The van der Waals surface area contributed by atoms with Gasteiger partial charge >= 0.3 is 0 Å². The molecule has 0 aromatic heterocycles. The van der Waals surface area contributed by atoms with Crippen molar-refractivity contribution < 1.29 is 9.90 Å². The van der Waals surface area contributed by atoms with E-state index < -0.39 is 5.60 Å². The first-order valence-corrected chi connectivity index (χ1v) is 7.52. The number of rotatable bonds is 3. The first-order chi connectivity index (χ1) is 9.46. The minimum atomic E-state index is -0.605. The zero-order valence-electron chi connectivity index (χ0n) is 12.6. The van der Waals surface area contributed by atoms with Gasteiger partial charge in [-0.1, -0.05) is 29.8 Å². The summed E-state index contributed by atoms with van der Waals surface area (Å²) in [6.45, 7) is 5.40. The van der Waals surface area contributed by atoms with Crippen molar-refractivity contribution in [2.75, 3.05) is 13.1 Å². The molecule has 1 aromatic rings. The number of likely N-dealkylation sites (tertiary alicyclic amines) is 1. The van der Waals surface area contributed by atoms with Crippen LogP contribution >= 0.6 is 0 Å². The minimum Gasteiger partial charge on any atom is -0.390 e. The molecule has 0 aliphatic carbocycles. The summed E-state index contributed by atoms with van der Waals surface area (Å²) in [6.07, 6.45) is 3.72. The summed E-state index contributed by atoms with van der Waals surface area (Å²) < 4.78 is 0. The molecule has 2 rings (SSSR count). The smallest absolute Gasteiger partial charge is 0.222 e. The summed E-state index contributed by atoms with van der Waals surface area (Å²) in [5.41, 5.74) is 1.85. The van der Waals surface area contributed by atoms with E-state index in [2.05, 4.69) is 31.2 Å². The molecule has 1 aromatic carbocycles. The zero-order chi connectivity index (χ0) is 14.6. The second kappa shape index (κ2) is 6.40. The van der Waals surface area contributed by atoms with Gasteiger partial charge in [0, 0.05) is 19.5 Å². The Morgan fingerprint density at radius 2 is 1.95 bits per heavy atom. The molecule has 1 heterocycles. The molecular weight excluding hydrogens is 250 g/mol. The molecule has 1 unspecified atom stereocenters. The number of benzene rings is 1. The molecule has 110 valence electrons. The molecular formula is C17H25NO2. The molecule has 0 radical (unpaired) electrons. The standard InChI is InChI=1S/C17H25NO2/c1-14-4-6-15(7-5-14)8-9-16(19)18-12-3-10-17(2,20)11-13-18/h4-7,20H,3,8-13H2,1-2H3. The van der Waals surface area contributed by atoms with Crippen LogP contribution in [0.1, 0.15) is 43.7 Å². The summed E-state index contributed by atoms with van der Waals surface area (Å²) in [6, 6.07) is 8.36. The summed E-state index contributed by atoms with van der Waals surface area (Å²) in [7, 11) is 0. The third-order valence-corrected chi connectivity index (χ3v) is 4.16. The van der Waals surface area contributed by atoms with Gasteiger partial charge in [0.05, 0.1) is 5.60 Å². The van der Waals surface area contributed by atoms with Crippen molar-refractivity contribution in [3.8, 4) is 0 Å². The maximum atomic E-state index is 12.2. The van der Waals surface area contributed by atoms with Crippen LogP contribution in [0.2, 0.25) is 0 Å². The molecule has 0 saturated carbocycles. The SMILES string of the molecule is Cc1ccc(CCC(=O)N2CCCC(C)(O)CC2)cc1. The van der Waals surface area contributed by atoms with Crippen LogP contribution in [0, 0.1) is 6.92 Å². The number of carbonyl (C=O) groups is 1. The van der Waals surface area contributed by atoms with Crippen LogP contribution in [0.15, 0.2) is 24.3 Å². The Labute approximate surface area is 121 Å². The molecule has 1 amide bonds. The van der Waals surface area contributed by atoms with E-state index in [9.17, 15) is 9.90 Å². The lowest BCUT2D eigenvalue weighted by Crippen LogP contribution is -2.33. The molecule has 20 heavy (non-hydrogen) atoms. The monoisotopic (exact) mass is 275 g/mol. The van der Waals surface area contributed by atoms with E-state index in [1.807, 2.05) is 11.8 Å². The van der Waals surface area contributed by atoms with Crippen LogP contribution in [0.3, 0.4) is 0 Å². The first kappa shape index (κ1) is 15.0. The number of aryl methyl sites for hydroxylation is 2. The average Bonchev–Trinajstić information content (AvgIpc) is 2.59. The van der Waals surface area contributed by atoms with Gasteiger partial charge in [0.25, 0.3) is 0 Å². The fourth-order valence-corrected chi connectivity index (χ4v) is 2.68. The predicted octanol–water partition coefficient (Wildman–Crippen LogP) is 2.69. The summed E-state index contributed by atoms with van der Waals surface area (Å²) in [4.78, 5) is 14.2. The average molecular weight is 275 g/mol. The van der Waals surface area contributed by atoms with E-state index in [0.29, 0.717) is 19.4 Å². The highest BCUT2D eigenvalue weighted by Gasteiger charge is 2.26. The lowest BCUT2D eigenvalue weighted by atomic mass is 9.98. The Balaban J connectivity index is 1.84. The third-order valence-electron chi connectivity index (χ3n) is 4.16. The van der Waals surface area contributed by atoms with Gasteiger partial charge in [-0.25, -0.2) is 0 Å². The topological polar surface area (TPSA) is 40.5 Å². The Bertz CT molecular complexity index is 451. The number of hydrogen-bond donors (Lipinski definition) is 1. The fraction of sp³-hybridized carbons (Fsp3) is 0.588. The van der Waals surface area contributed by atoms with Gasteiger partial charge in [0.15, 0.2) is 0 Å². The third kappa shape index (κ3) is 4.34. The summed E-state index contributed by atoms with van der Waals surface area (Å²) >= 11 is 0. The van der Waals surface area contributed by atoms with Crippen molar-refractivity contribution in [2.24, 2.45) is 0 Å². The van der Waals surface area contributed by atoms with Gasteiger partial charge in [-0.05, 0) is 45.1 Å². The zero-order valence-corrected chi connectivity index (χ0v) is 12.6. The summed E-state index contributed by atoms with van der Waals surface area (Å²) in [5, 5.41) is 10.0. The van der Waals surface area contributed by atoms with Crippen LogP contribution in [0.4, 0.5) is 0 Å². The van der Waals surface area contributed by atoms with Gasteiger partial charge in [-0.3, -0.25) is 4.79 Å². The molecule has 1 aliphatic rings. The minimum absolute atomic E-state index is 0.211. The van der Waals surface area contributed by atoms with E-state index in [0.717, 1.165) is 25.8 Å². The van der Waals surface area contributed by atoms with E-state index in [1.165, 1.54) is 11.1 Å². The van der Waals surface area contributed by atoms with E-state index in [1.54, 1.807) is 0 Å². The van der Waals surface area contributed by atoms with Crippen LogP contribution in [-0.4, -0.2) is 34.6 Å². The molecule has 0 spiro atoms. The van der Waals surface area contributed by atoms with Crippen molar-refractivity contribution >= 4 is 5.91 Å². The normalized spacial score (nSPS) is 23.4. The van der Waals surface area contributed by atoms with Gasteiger partial charge < -0.3 is 10.0 Å². The lowest BCUT2D eigenvalue weighted by Gasteiger charge is -2.22. The Hall–Kier alpha value is -1.35. The van der Waals surface area contributed by atoms with Crippen molar-refractivity contribution in [1.82, 2.24) is 4.90 Å². The largest absolute Gasteiger partial charge is 0.390 e. The number of amides is 1. The molecule has 1 aliphatic heterocycles. The fourth-order valence-electron chi connectivity index (χ4n) is 2.68. The van der Waals surface area contributed by atoms with Gasteiger partial charge in [-0.2, -0.15) is 0 Å². The van der Waals surface area contributed by atoms with Crippen LogP contribution in [0.5, 0.6) is 0 Å². The Morgan fingerprint density at radius 3 is 2.65 bits per heavy atom. The molecule has 0 bridgehead atoms. The second-order valence-corrected chi connectivity index (χ2v) is 6.22. The molecule has 1 fully saturated rings. The van der Waals surface area contributed by atoms with E-state index in [4.69, 9.17) is 0 Å².